The predicted octanol–water partition coefficient (Wildman–Crippen LogP) is 11.1. The third-order valence-electron chi connectivity index (χ3n) is 12.3. The molecule has 0 bridgehead atoms. The molecule has 0 atom stereocenters. The van der Waals surface area contributed by atoms with Crippen LogP contribution >= 0.6 is 11.3 Å². The summed E-state index contributed by atoms with van der Waals surface area (Å²) in [6.07, 6.45) is 1.92. The van der Waals surface area contributed by atoms with E-state index in [0.717, 1.165) is 55.5 Å². The fraction of sp³-hybridized carbons (Fsp3) is 0. The van der Waals surface area contributed by atoms with Gasteiger partial charge in [0.1, 0.15) is 5.82 Å². The molecule has 294 valence electrons. The molecule has 0 amide bonds. The molecule has 0 fully saturated rings. The Morgan fingerprint density at radius 1 is 0.532 bits per heavy atom. The van der Waals surface area contributed by atoms with Gasteiger partial charge in [-0.3, -0.25) is 4.98 Å². The van der Waals surface area contributed by atoms with E-state index in [1.165, 1.54) is 40.9 Å². The first kappa shape index (κ1) is 36.9. The monoisotopic (exact) mass is 1010 g/mol. The molecule has 5 nitrogen and oxygen atoms in total. The van der Waals surface area contributed by atoms with Gasteiger partial charge < -0.3 is 14.0 Å². The van der Waals surface area contributed by atoms with Crippen LogP contribution in [0, 0.1) is 12.1 Å². The average Bonchev–Trinajstić information content (AvgIpc) is 3.91. The molecule has 0 N–H and O–H groups in total. The first-order valence-electron chi connectivity index (χ1n) is 20.4. The molecule has 12 aromatic rings. The van der Waals surface area contributed by atoms with Crippen molar-refractivity contribution in [2.24, 2.45) is 0 Å². The van der Waals surface area contributed by atoms with Gasteiger partial charge in [0, 0.05) is 43.4 Å². The van der Waals surface area contributed by atoms with Gasteiger partial charge in [-0.25, -0.2) is 4.98 Å². The Balaban J connectivity index is 0.00000410. The minimum atomic E-state index is -2.94. The van der Waals surface area contributed by atoms with Crippen molar-refractivity contribution in [2.75, 3.05) is 4.90 Å². The Hall–Kier alpha value is -6.89. The molecule has 0 unspecified atom stereocenters. The van der Waals surface area contributed by atoms with Crippen LogP contribution in [0.1, 0.15) is 0 Å². The van der Waals surface area contributed by atoms with Crippen LogP contribution in [0.4, 0.5) is 17.2 Å². The van der Waals surface area contributed by atoms with Crippen LogP contribution in [-0.4, -0.2) is 22.4 Å². The van der Waals surface area contributed by atoms with Crippen molar-refractivity contribution in [1.29, 1.82) is 0 Å². The number of pyridine rings is 2. The molecular weight excluding hydrogens is 976 g/mol. The number of rotatable bonds is 5. The molecule has 1 aliphatic heterocycles. The summed E-state index contributed by atoms with van der Waals surface area (Å²) in [5, 5.41) is 10.7. The van der Waals surface area contributed by atoms with Gasteiger partial charge in [0.2, 0.25) is 0 Å². The van der Waals surface area contributed by atoms with Crippen molar-refractivity contribution in [1.82, 2.24) is 14.4 Å². The molecule has 0 saturated carbocycles. The smallest absolute Gasteiger partial charge is 0.503 e. The normalized spacial score (nSPS) is 13.1. The number of imidazole rings is 1. The van der Waals surface area contributed by atoms with E-state index in [0.29, 0.717) is 11.5 Å². The van der Waals surface area contributed by atoms with Crippen molar-refractivity contribution in [3.63, 3.8) is 0 Å². The standard InChI is InChI=1S/C54H32N4OSSi.Pt/c1-3-17-38(18-4-1)61(39-19-5-2-6-20-39)49-31-30-48-51(42-22-8-12-26-47(42)60-48)52(49)57(54-50(61)27-14-32-55-54)35-15-13-16-36(33-35)59-37-28-29-40-41-21-7-10-24-45(41)58-46-25-11-9-23-44(46)56-53(58)43(40)34-37;/h1-32H;/q-2;+2. The van der Waals surface area contributed by atoms with Crippen molar-refractivity contribution in [3.8, 4) is 11.5 Å². The molecule has 4 aromatic heterocycles. The number of ether oxygens (including phenoxy) is 1. The van der Waals surface area contributed by atoms with Gasteiger partial charge in [-0.15, -0.1) is 41.7 Å². The number of hydrogen-bond donors (Lipinski definition) is 0. The van der Waals surface area contributed by atoms with Gasteiger partial charge in [-0.2, -0.15) is 6.07 Å². The topological polar surface area (TPSA) is 42.7 Å². The zero-order valence-electron chi connectivity index (χ0n) is 32.9. The summed E-state index contributed by atoms with van der Waals surface area (Å²) in [6.45, 7) is 0. The predicted molar refractivity (Wildman–Crippen MR) is 254 cm³/mol. The fourth-order valence-corrected chi connectivity index (χ4v) is 16.0. The molecule has 0 aliphatic carbocycles. The Kier molecular flexibility index (Phi) is 8.55. The third-order valence-corrected chi connectivity index (χ3v) is 18.3. The summed E-state index contributed by atoms with van der Waals surface area (Å²) < 4.78 is 11.5. The summed E-state index contributed by atoms with van der Waals surface area (Å²) in [6, 6.07) is 74.5. The molecule has 1 aliphatic rings. The molecule has 0 saturated heterocycles. The maximum absolute atomic E-state index is 6.77. The average molecular weight is 1010 g/mol. The zero-order valence-corrected chi connectivity index (χ0v) is 37.0. The second kappa shape index (κ2) is 14.4. The molecule has 13 rings (SSSR count). The van der Waals surface area contributed by atoms with Crippen molar-refractivity contribution >= 4 is 116 Å². The SMILES string of the molecule is [Pt+2].[c-]1c(Oc2[c-]c3c(cc2)c2ccccc2n2c4ccccc4nc32)cccc1N1c2ncccc2[Si](c2ccccc2)(c2ccccc2)c2ccc3sc4ccccc4c3c21. The zero-order chi connectivity index (χ0) is 40.1. The molecule has 8 heteroatoms. The van der Waals surface area contributed by atoms with E-state index >= 15 is 0 Å². The number of nitrogens with zero attached hydrogens (tertiary/aromatic N) is 4. The number of para-hydroxylation sites is 3. The Morgan fingerprint density at radius 2 is 1.24 bits per heavy atom. The maximum atomic E-state index is 6.77. The van der Waals surface area contributed by atoms with E-state index in [4.69, 9.17) is 14.7 Å². The molecule has 8 aromatic carbocycles. The second-order valence-corrected chi connectivity index (χ2v) is 20.3. The first-order valence-corrected chi connectivity index (χ1v) is 23.2. The molecule has 62 heavy (non-hydrogen) atoms. The van der Waals surface area contributed by atoms with Gasteiger partial charge in [-0.05, 0) is 62.5 Å². The van der Waals surface area contributed by atoms with Gasteiger partial charge in [-0.1, -0.05) is 144 Å². The van der Waals surface area contributed by atoms with E-state index in [2.05, 4.69) is 191 Å². The summed E-state index contributed by atoms with van der Waals surface area (Å²) in [4.78, 5) is 12.8. The Labute approximate surface area is 376 Å². The van der Waals surface area contributed by atoms with E-state index in [1.54, 1.807) is 0 Å². The van der Waals surface area contributed by atoms with Crippen LogP contribution < -0.4 is 30.4 Å². The Bertz CT molecular complexity index is 3680. The minimum Gasteiger partial charge on any atom is -0.503 e. The van der Waals surface area contributed by atoms with Crippen molar-refractivity contribution in [2.45, 2.75) is 0 Å². The second-order valence-electron chi connectivity index (χ2n) is 15.5. The largest absolute Gasteiger partial charge is 2.00 e. The summed E-state index contributed by atoms with van der Waals surface area (Å²) in [7, 11) is -2.94. The van der Waals surface area contributed by atoms with Crippen LogP contribution in [0.25, 0.3) is 58.5 Å². The van der Waals surface area contributed by atoms with Crippen LogP contribution in [0.3, 0.4) is 0 Å². The number of fused-ring (bicyclic) bond motifs is 14. The number of thiophene rings is 1. The van der Waals surface area contributed by atoms with Crippen LogP contribution in [0.15, 0.2) is 194 Å². The number of anilines is 3. The van der Waals surface area contributed by atoms with E-state index in [1.807, 2.05) is 35.7 Å². The summed E-state index contributed by atoms with van der Waals surface area (Å²) in [5.74, 6) is 2.08. The third kappa shape index (κ3) is 5.29. The van der Waals surface area contributed by atoms with Crippen LogP contribution in [0.5, 0.6) is 11.5 Å². The van der Waals surface area contributed by atoms with E-state index in [-0.39, 0.29) is 21.1 Å². The van der Waals surface area contributed by atoms with Crippen molar-refractivity contribution < 1.29 is 25.8 Å². The Morgan fingerprint density at radius 3 is 2.06 bits per heavy atom. The maximum Gasteiger partial charge on any atom is 2.00 e. The fourth-order valence-electron chi connectivity index (χ4n) is 9.87. The number of hydrogen-bond acceptors (Lipinski definition) is 5. The van der Waals surface area contributed by atoms with Gasteiger partial charge in [0.15, 0.2) is 8.07 Å². The van der Waals surface area contributed by atoms with Gasteiger partial charge in [0.05, 0.1) is 22.4 Å². The van der Waals surface area contributed by atoms with Gasteiger partial charge >= 0.3 is 21.1 Å². The van der Waals surface area contributed by atoms with Crippen LogP contribution in [-0.2, 0) is 21.1 Å². The number of aromatic nitrogens is 3. The molecular formula is C54H32N4OPtSSi. The van der Waals surface area contributed by atoms with Crippen LogP contribution in [0.2, 0.25) is 0 Å². The summed E-state index contributed by atoms with van der Waals surface area (Å²) in [5.41, 5.74) is 5.95. The summed E-state index contributed by atoms with van der Waals surface area (Å²) >= 11 is 1.84. The first-order chi connectivity index (χ1) is 30.3. The minimum absolute atomic E-state index is 0. The molecule has 5 heterocycles. The van der Waals surface area contributed by atoms with Gasteiger partial charge in [0.25, 0.3) is 0 Å². The van der Waals surface area contributed by atoms with E-state index in [9.17, 15) is 0 Å². The quantitative estimate of drug-likeness (QED) is 0.0979. The molecule has 0 radical (unpaired) electrons. The number of benzene rings is 8. The van der Waals surface area contributed by atoms with Crippen molar-refractivity contribution in [3.05, 3.63) is 206 Å². The van der Waals surface area contributed by atoms with E-state index < -0.39 is 8.07 Å². The molecule has 0 spiro atoms.